The minimum absolute atomic E-state index is 0.101. The largest absolute Gasteiger partial charge is 0.444 e. The zero-order chi connectivity index (χ0) is 12.0. The molecule has 5 nitrogen and oxygen atoms in total. The number of nitrogens with zero attached hydrogens (tertiary/aromatic N) is 2. The van der Waals surface area contributed by atoms with Gasteiger partial charge in [0.2, 0.25) is 5.89 Å². The van der Waals surface area contributed by atoms with E-state index < -0.39 is 0 Å². The summed E-state index contributed by atoms with van der Waals surface area (Å²) in [5, 5.41) is 17.7. The number of hydrogen-bond donors (Lipinski definition) is 2. The number of aliphatic hydroxyl groups excluding tert-OH is 2. The molecule has 0 amide bonds. The van der Waals surface area contributed by atoms with Gasteiger partial charge in [-0.1, -0.05) is 0 Å². The summed E-state index contributed by atoms with van der Waals surface area (Å²) in [5.41, 5.74) is 0.904. The van der Waals surface area contributed by atoms with E-state index in [-0.39, 0.29) is 13.2 Å². The Morgan fingerprint density at radius 1 is 1.19 bits per heavy atom. The van der Waals surface area contributed by atoms with Crippen LogP contribution in [-0.4, -0.2) is 46.4 Å². The number of oxazole rings is 1. The normalized spacial score (nSPS) is 11.3. The van der Waals surface area contributed by atoms with E-state index in [9.17, 15) is 0 Å². The summed E-state index contributed by atoms with van der Waals surface area (Å²) >= 11 is 0. The molecule has 92 valence electrons. The minimum Gasteiger partial charge on any atom is -0.444 e. The molecule has 1 heterocycles. The molecule has 0 aliphatic carbocycles. The summed E-state index contributed by atoms with van der Waals surface area (Å²) < 4.78 is 5.47. The highest BCUT2D eigenvalue weighted by atomic mass is 16.4. The van der Waals surface area contributed by atoms with Crippen LogP contribution >= 0.6 is 0 Å². The van der Waals surface area contributed by atoms with Crippen molar-refractivity contribution in [2.45, 2.75) is 26.8 Å². The Balaban J connectivity index is 2.52. The summed E-state index contributed by atoms with van der Waals surface area (Å²) in [4.78, 5) is 6.30. The standard InChI is InChI=1S/C11H20N2O3/c1-9-10(2)16-11(12-9)8-13(5-7-15)4-3-6-14/h14-15H,3-8H2,1-2H3. The molecular weight excluding hydrogens is 208 g/mol. The van der Waals surface area contributed by atoms with Gasteiger partial charge in [-0.25, -0.2) is 4.98 Å². The van der Waals surface area contributed by atoms with Gasteiger partial charge < -0.3 is 14.6 Å². The Hall–Kier alpha value is -0.910. The van der Waals surface area contributed by atoms with Crippen LogP contribution in [0.5, 0.6) is 0 Å². The molecule has 2 N–H and O–H groups in total. The van der Waals surface area contributed by atoms with Crippen molar-refractivity contribution in [3.05, 3.63) is 17.3 Å². The van der Waals surface area contributed by atoms with Crippen LogP contribution < -0.4 is 0 Å². The van der Waals surface area contributed by atoms with E-state index in [0.717, 1.165) is 18.0 Å². The number of hydrogen-bond acceptors (Lipinski definition) is 5. The highest BCUT2D eigenvalue weighted by Crippen LogP contribution is 2.10. The van der Waals surface area contributed by atoms with Crippen LogP contribution in [0.15, 0.2) is 4.42 Å². The summed E-state index contributed by atoms with van der Waals surface area (Å²) in [6.07, 6.45) is 0.693. The highest BCUT2D eigenvalue weighted by molar-refractivity contribution is 5.05. The molecule has 0 atom stereocenters. The first-order chi connectivity index (χ1) is 7.67. The quantitative estimate of drug-likeness (QED) is 0.710. The van der Waals surface area contributed by atoms with Crippen LogP contribution in [0.3, 0.4) is 0 Å². The fourth-order valence-corrected chi connectivity index (χ4v) is 1.50. The van der Waals surface area contributed by atoms with Crippen molar-refractivity contribution in [3.63, 3.8) is 0 Å². The average molecular weight is 228 g/mol. The minimum atomic E-state index is 0.101. The second kappa shape index (κ2) is 6.62. The topological polar surface area (TPSA) is 69.7 Å². The smallest absolute Gasteiger partial charge is 0.208 e. The molecule has 0 unspecified atom stereocenters. The molecule has 0 spiro atoms. The molecule has 1 aromatic rings. The van der Waals surface area contributed by atoms with Gasteiger partial charge in [0, 0.05) is 19.7 Å². The second-order valence-electron chi connectivity index (χ2n) is 3.83. The van der Waals surface area contributed by atoms with E-state index in [1.54, 1.807) is 0 Å². The van der Waals surface area contributed by atoms with E-state index in [2.05, 4.69) is 4.98 Å². The van der Waals surface area contributed by atoms with Gasteiger partial charge in [-0.05, 0) is 20.3 Å². The van der Waals surface area contributed by atoms with Gasteiger partial charge in [0.05, 0.1) is 18.8 Å². The molecule has 0 radical (unpaired) electrons. The summed E-state index contributed by atoms with van der Waals surface area (Å²) in [6, 6.07) is 0. The van der Waals surface area contributed by atoms with Crippen molar-refractivity contribution in [1.82, 2.24) is 9.88 Å². The molecule has 0 bridgehead atoms. The number of aryl methyl sites for hydroxylation is 2. The zero-order valence-electron chi connectivity index (χ0n) is 9.94. The van der Waals surface area contributed by atoms with Crippen molar-refractivity contribution in [1.29, 1.82) is 0 Å². The van der Waals surface area contributed by atoms with E-state index in [0.29, 0.717) is 25.4 Å². The molecule has 0 aliphatic rings. The maximum Gasteiger partial charge on any atom is 0.208 e. The lowest BCUT2D eigenvalue weighted by atomic mass is 10.3. The van der Waals surface area contributed by atoms with Gasteiger partial charge >= 0.3 is 0 Å². The van der Waals surface area contributed by atoms with Crippen LogP contribution in [0.1, 0.15) is 23.8 Å². The molecule has 0 saturated heterocycles. The fourth-order valence-electron chi connectivity index (χ4n) is 1.50. The maximum absolute atomic E-state index is 8.92. The third-order valence-electron chi connectivity index (χ3n) is 2.48. The third kappa shape index (κ3) is 3.92. The monoisotopic (exact) mass is 228 g/mol. The summed E-state index contributed by atoms with van der Waals surface area (Å²) in [7, 11) is 0. The van der Waals surface area contributed by atoms with Gasteiger partial charge in [-0.2, -0.15) is 0 Å². The lowest BCUT2D eigenvalue weighted by Gasteiger charge is -2.18. The summed E-state index contributed by atoms with van der Waals surface area (Å²) in [5.74, 6) is 1.50. The predicted molar refractivity (Wildman–Crippen MR) is 60.0 cm³/mol. The number of aliphatic hydroxyl groups is 2. The molecule has 0 saturated carbocycles. The van der Waals surface area contributed by atoms with Crippen LogP contribution in [0.4, 0.5) is 0 Å². The molecule has 0 aliphatic heterocycles. The fraction of sp³-hybridized carbons (Fsp3) is 0.727. The van der Waals surface area contributed by atoms with E-state index in [4.69, 9.17) is 14.6 Å². The summed E-state index contributed by atoms with van der Waals surface area (Å²) in [6.45, 7) is 5.94. The Morgan fingerprint density at radius 3 is 2.44 bits per heavy atom. The SMILES string of the molecule is Cc1nc(CN(CCO)CCCO)oc1C. The first kappa shape index (κ1) is 13.2. The lowest BCUT2D eigenvalue weighted by Crippen LogP contribution is -2.28. The van der Waals surface area contributed by atoms with Gasteiger partial charge in [0.25, 0.3) is 0 Å². The maximum atomic E-state index is 8.92. The van der Waals surface area contributed by atoms with Crippen molar-refractivity contribution in [2.75, 3.05) is 26.3 Å². The van der Waals surface area contributed by atoms with Gasteiger partial charge in [-0.3, -0.25) is 4.90 Å². The molecular formula is C11H20N2O3. The third-order valence-corrected chi connectivity index (χ3v) is 2.48. The Kier molecular flexibility index (Phi) is 5.45. The Labute approximate surface area is 95.7 Å². The highest BCUT2D eigenvalue weighted by Gasteiger charge is 2.10. The predicted octanol–water partition coefficient (Wildman–Crippen LogP) is 0.468. The zero-order valence-corrected chi connectivity index (χ0v) is 9.94. The molecule has 1 aromatic heterocycles. The second-order valence-corrected chi connectivity index (χ2v) is 3.83. The van der Waals surface area contributed by atoms with Gasteiger partial charge in [-0.15, -0.1) is 0 Å². The van der Waals surface area contributed by atoms with Crippen LogP contribution in [0.25, 0.3) is 0 Å². The first-order valence-corrected chi connectivity index (χ1v) is 5.54. The van der Waals surface area contributed by atoms with Crippen molar-refractivity contribution >= 4 is 0 Å². The number of aromatic nitrogens is 1. The molecule has 16 heavy (non-hydrogen) atoms. The van der Waals surface area contributed by atoms with E-state index >= 15 is 0 Å². The Bertz CT molecular complexity index is 293. The van der Waals surface area contributed by atoms with Gasteiger partial charge in [0.1, 0.15) is 5.76 Å². The van der Waals surface area contributed by atoms with E-state index in [1.807, 2.05) is 18.7 Å². The van der Waals surface area contributed by atoms with Crippen LogP contribution in [0.2, 0.25) is 0 Å². The van der Waals surface area contributed by atoms with Gasteiger partial charge in [0.15, 0.2) is 0 Å². The molecule has 5 heteroatoms. The van der Waals surface area contributed by atoms with Crippen LogP contribution in [-0.2, 0) is 6.54 Å². The molecule has 0 fully saturated rings. The molecule has 1 rings (SSSR count). The first-order valence-electron chi connectivity index (χ1n) is 5.54. The van der Waals surface area contributed by atoms with Crippen molar-refractivity contribution in [3.8, 4) is 0 Å². The molecule has 0 aromatic carbocycles. The van der Waals surface area contributed by atoms with Crippen LogP contribution in [0, 0.1) is 13.8 Å². The van der Waals surface area contributed by atoms with E-state index in [1.165, 1.54) is 0 Å². The average Bonchev–Trinajstić information content (AvgIpc) is 2.55. The van der Waals surface area contributed by atoms with Crippen molar-refractivity contribution < 1.29 is 14.6 Å². The lowest BCUT2D eigenvalue weighted by molar-refractivity contribution is 0.163. The number of rotatable bonds is 7. The van der Waals surface area contributed by atoms with Crippen molar-refractivity contribution in [2.24, 2.45) is 0 Å². The Morgan fingerprint density at radius 2 is 1.94 bits per heavy atom.